The second-order valence-electron chi connectivity index (χ2n) is 10.1. The fraction of sp³-hybridized carbons (Fsp3) is 0.226. The fourth-order valence-electron chi connectivity index (χ4n) is 5.53. The van der Waals surface area contributed by atoms with Crippen molar-refractivity contribution < 1.29 is 9.72 Å². The van der Waals surface area contributed by atoms with Crippen molar-refractivity contribution in [2.75, 3.05) is 4.90 Å². The number of hydrogen-bond acceptors (Lipinski definition) is 7. The van der Waals surface area contributed by atoms with Crippen molar-refractivity contribution in [3.05, 3.63) is 120 Å². The molecule has 1 aliphatic heterocycles. The van der Waals surface area contributed by atoms with E-state index in [4.69, 9.17) is 28.9 Å². The number of nitriles is 1. The van der Waals surface area contributed by atoms with Gasteiger partial charge in [-0.2, -0.15) is 5.26 Å². The lowest BCUT2D eigenvalue weighted by Crippen LogP contribution is -2.39. The first-order valence-corrected chi connectivity index (χ1v) is 14.7. The number of aryl methyl sites for hydroxylation is 2. The number of nitro benzene ring substituents is 1. The predicted octanol–water partition coefficient (Wildman–Crippen LogP) is 8.12. The van der Waals surface area contributed by atoms with Gasteiger partial charge in [-0.15, -0.1) is 11.8 Å². The molecule has 0 saturated heterocycles. The van der Waals surface area contributed by atoms with E-state index in [-0.39, 0.29) is 33.6 Å². The zero-order valence-corrected chi connectivity index (χ0v) is 24.7. The van der Waals surface area contributed by atoms with E-state index in [9.17, 15) is 20.2 Å². The second-order valence-corrected chi connectivity index (χ2v) is 12.0. The summed E-state index contributed by atoms with van der Waals surface area (Å²) in [7, 11) is 0. The van der Waals surface area contributed by atoms with Crippen LogP contribution in [0.4, 0.5) is 11.4 Å². The van der Waals surface area contributed by atoms with Crippen LogP contribution in [0, 0.1) is 35.3 Å². The van der Waals surface area contributed by atoms with Gasteiger partial charge in [0.05, 0.1) is 33.2 Å². The van der Waals surface area contributed by atoms with Gasteiger partial charge in [0, 0.05) is 45.5 Å². The zero-order valence-electron chi connectivity index (χ0n) is 22.4. The number of ketones is 1. The lowest BCUT2D eigenvalue weighted by molar-refractivity contribution is -0.384. The highest BCUT2D eigenvalue weighted by molar-refractivity contribution is 7.98. The minimum atomic E-state index is -0.656. The van der Waals surface area contributed by atoms with Crippen LogP contribution < -0.4 is 10.6 Å². The second kappa shape index (κ2) is 11.6. The number of hydrogen-bond donors (Lipinski definition) is 1. The molecule has 0 aromatic heterocycles. The Morgan fingerprint density at radius 3 is 2.51 bits per heavy atom. The van der Waals surface area contributed by atoms with Crippen LogP contribution >= 0.6 is 35.0 Å². The minimum absolute atomic E-state index is 0.0693. The van der Waals surface area contributed by atoms with Crippen LogP contribution in [0.3, 0.4) is 0 Å². The number of Topliss-reactive ketones (excluding diaryl/α,β-unsaturated/α-hetero) is 1. The summed E-state index contributed by atoms with van der Waals surface area (Å²) >= 11 is 14.2. The van der Waals surface area contributed by atoms with E-state index in [2.05, 4.69) is 18.2 Å². The van der Waals surface area contributed by atoms with Crippen molar-refractivity contribution in [3.63, 3.8) is 0 Å². The van der Waals surface area contributed by atoms with Gasteiger partial charge in [-0.3, -0.25) is 19.8 Å². The molecule has 1 aliphatic carbocycles. The molecule has 2 aliphatic rings. The highest BCUT2D eigenvalue weighted by Crippen LogP contribution is 2.49. The highest BCUT2D eigenvalue weighted by Gasteiger charge is 2.41. The average Bonchev–Trinajstić information content (AvgIpc) is 2.94. The molecule has 3 aromatic rings. The lowest BCUT2D eigenvalue weighted by atomic mass is 9.74. The first-order chi connectivity index (χ1) is 19.6. The topological polar surface area (TPSA) is 113 Å². The molecule has 1 atom stereocenters. The van der Waals surface area contributed by atoms with Crippen LogP contribution in [0.1, 0.15) is 47.4 Å². The number of nitrogens with two attached hydrogens (primary N) is 1. The summed E-state index contributed by atoms with van der Waals surface area (Å²) in [6, 6.07) is 18.2. The summed E-state index contributed by atoms with van der Waals surface area (Å²) < 4.78 is 0. The van der Waals surface area contributed by atoms with E-state index in [0.29, 0.717) is 41.3 Å². The monoisotopic (exact) mass is 604 g/mol. The molecular weight excluding hydrogens is 579 g/mol. The molecule has 0 spiro atoms. The van der Waals surface area contributed by atoms with Gasteiger partial charge in [0.1, 0.15) is 5.82 Å². The zero-order chi connectivity index (χ0) is 29.4. The molecule has 41 heavy (non-hydrogen) atoms. The van der Waals surface area contributed by atoms with Crippen molar-refractivity contribution >= 4 is 52.1 Å². The van der Waals surface area contributed by atoms with Crippen molar-refractivity contribution in [3.8, 4) is 6.07 Å². The molecule has 0 bridgehead atoms. The van der Waals surface area contributed by atoms with Crippen LogP contribution in [-0.2, 0) is 10.5 Å². The van der Waals surface area contributed by atoms with Gasteiger partial charge in [-0.1, -0.05) is 35.3 Å². The van der Waals surface area contributed by atoms with E-state index in [1.54, 1.807) is 16.7 Å². The van der Waals surface area contributed by atoms with E-state index in [1.807, 2.05) is 38.1 Å². The normalized spacial score (nSPS) is 17.0. The lowest BCUT2D eigenvalue weighted by Gasteiger charge is -2.40. The largest absolute Gasteiger partial charge is 0.384 e. The standard InChI is InChI=1S/C31H26Cl2N4O3S/c1-17-12-18(2)23(13-19(17)16-41-22-9-6-20(32)7-10-22)29-24(15-34)31(35)36(26-4-3-5-28(38)30(26)29)27-14-21(37(39)40)8-11-25(27)33/h6-14,29H,3-5,16,35H2,1-2H3. The minimum Gasteiger partial charge on any atom is -0.384 e. The van der Waals surface area contributed by atoms with Crippen molar-refractivity contribution in [2.24, 2.45) is 5.73 Å². The van der Waals surface area contributed by atoms with Gasteiger partial charge in [0.2, 0.25) is 0 Å². The van der Waals surface area contributed by atoms with Gasteiger partial charge in [-0.25, -0.2) is 0 Å². The van der Waals surface area contributed by atoms with Crippen LogP contribution in [0.25, 0.3) is 0 Å². The highest BCUT2D eigenvalue weighted by atomic mass is 35.5. The van der Waals surface area contributed by atoms with E-state index >= 15 is 0 Å². The van der Waals surface area contributed by atoms with Gasteiger partial charge in [0.25, 0.3) is 5.69 Å². The smallest absolute Gasteiger partial charge is 0.271 e. The Bertz CT molecular complexity index is 1690. The van der Waals surface area contributed by atoms with Crippen molar-refractivity contribution in [1.82, 2.24) is 0 Å². The Labute approximate surface area is 252 Å². The Morgan fingerprint density at radius 2 is 1.83 bits per heavy atom. The van der Waals surface area contributed by atoms with Crippen molar-refractivity contribution in [1.29, 1.82) is 5.26 Å². The molecule has 208 valence electrons. The Morgan fingerprint density at radius 1 is 1.10 bits per heavy atom. The number of rotatable bonds is 6. The first-order valence-electron chi connectivity index (χ1n) is 13.0. The quantitative estimate of drug-likeness (QED) is 0.172. The summed E-state index contributed by atoms with van der Waals surface area (Å²) in [5.74, 6) is 0.0750. The molecule has 0 fully saturated rings. The number of nitrogens with zero attached hydrogens (tertiary/aromatic N) is 3. The number of carbonyl (C=O) groups is 1. The van der Waals surface area contributed by atoms with Crippen molar-refractivity contribution in [2.45, 2.75) is 49.7 Å². The Kier molecular flexibility index (Phi) is 8.14. The van der Waals surface area contributed by atoms with Crippen LogP contribution in [0.5, 0.6) is 0 Å². The number of halogens is 2. The van der Waals surface area contributed by atoms with Crippen LogP contribution in [-0.4, -0.2) is 10.7 Å². The van der Waals surface area contributed by atoms with E-state index in [0.717, 1.165) is 27.1 Å². The Balaban J connectivity index is 1.65. The van der Waals surface area contributed by atoms with E-state index in [1.165, 1.54) is 18.2 Å². The maximum atomic E-state index is 13.6. The average molecular weight is 606 g/mol. The third kappa shape index (κ3) is 5.45. The van der Waals surface area contributed by atoms with Gasteiger partial charge < -0.3 is 5.73 Å². The van der Waals surface area contributed by atoms with Gasteiger partial charge >= 0.3 is 0 Å². The molecular formula is C31H26Cl2N4O3S. The third-order valence-corrected chi connectivity index (χ3v) is 9.17. The molecule has 0 radical (unpaired) electrons. The predicted molar refractivity (Wildman–Crippen MR) is 163 cm³/mol. The number of anilines is 1. The number of carbonyl (C=O) groups excluding carboxylic acids is 1. The molecule has 0 saturated carbocycles. The number of thioether (sulfide) groups is 1. The maximum absolute atomic E-state index is 13.6. The Hall–Kier alpha value is -3.77. The molecule has 0 amide bonds. The third-order valence-electron chi connectivity index (χ3n) is 7.54. The molecule has 5 rings (SSSR count). The fourth-order valence-corrected chi connectivity index (χ4v) is 6.82. The molecule has 1 unspecified atom stereocenters. The maximum Gasteiger partial charge on any atom is 0.271 e. The van der Waals surface area contributed by atoms with E-state index < -0.39 is 10.8 Å². The molecule has 3 aromatic carbocycles. The number of nitro groups is 1. The molecule has 7 nitrogen and oxygen atoms in total. The summed E-state index contributed by atoms with van der Waals surface area (Å²) in [5.41, 5.74) is 12.1. The summed E-state index contributed by atoms with van der Waals surface area (Å²) in [6.07, 6.45) is 1.45. The van der Waals surface area contributed by atoms with Crippen LogP contribution in [0.15, 0.2) is 82.2 Å². The summed E-state index contributed by atoms with van der Waals surface area (Å²) in [4.78, 5) is 27.3. The summed E-state index contributed by atoms with van der Waals surface area (Å²) in [5, 5.41) is 22.9. The molecule has 1 heterocycles. The first kappa shape index (κ1) is 28.7. The SMILES string of the molecule is Cc1cc(C)c(C2C(C#N)=C(N)N(c3cc([N+](=O)[O-])ccc3Cl)C3=C2C(=O)CCC3)cc1CSc1ccc(Cl)cc1. The number of benzene rings is 3. The van der Waals surface area contributed by atoms with Crippen LogP contribution in [0.2, 0.25) is 10.0 Å². The summed E-state index contributed by atoms with van der Waals surface area (Å²) in [6.45, 7) is 4.02. The number of non-ortho nitro benzene ring substituents is 1. The molecule has 2 N–H and O–H groups in total. The number of allylic oxidation sites excluding steroid dienone is 3. The van der Waals surface area contributed by atoms with Gasteiger partial charge in [-0.05, 0) is 79.3 Å². The van der Waals surface area contributed by atoms with Gasteiger partial charge in [0.15, 0.2) is 5.78 Å². The molecule has 10 heteroatoms.